The topological polar surface area (TPSA) is 61.6 Å². The quantitative estimate of drug-likeness (QED) is 0.656. The Kier molecular flexibility index (Phi) is 7.98. The molecule has 3 saturated heterocycles. The molecule has 1 aliphatic carbocycles. The van der Waals surface area contributed by atoms with E-state index < -0.39 is 0 Å². The van der Waals surface area contributed by atoms with Gasteiger partial charge < -0.3 is 16.0 Å². The van der Waals surface area contributed by atoms with Crippen LogP contribution in [0.25, 0.3) is 0 Å². The van der Waals surface area contributed by atoms with E-state index in [1.165, 1.54) is 89.9 Å². The van der Waals surface area contributed by atoms with Gasteiger partial charge in [-0.3, -0.25) is 9.69 Å². The maximum Gasteiger partial charge on any atom is 0.222 e. The third kappa shape index (κ3) is 5.47. The number of nitrogens with zero attached hydrogens (tertiary/aromatic N) is 2. The lowest BCUT2D eigenvalue weighted by atomic mass is 9.70. The molecule has 178 valence electrons. The average molecular weight is 433 g/mol. The zero-order chi connectivity index (χ0) is 21.7. The molecule has 3 N–H and O–H groups in total. The van der Waals surface area contributed by atoms with Crippen molar-refractivity contribution in [3.8, 4) is 0 Å². The third-order valence-electron chi connectivity index (χ3n) is 9.41. The molecule has 2 unspecified atom stereocenters. The molecule has 1 amide bonds. The van der Waals surface area contributed by atoms with Crippen molar-refractivity contribution in [3.63, 3.8) is 0 Å². The van der Waals surface area contributed by atoms with Gasteiger partial charge in [0.2, 0.25) is 5.91 Å². The molecule has 0 aromatic rings. The number of hydrogen-bond donors (Lipinski definition) is 2. The first-order chi connectivity index (χ1) is 15.0. The van der Waals surface area contributed by atoms with Gasteiger partial charge >= 0.3 is 0 Å². The van der Waals surface area contributed by atoms with E-state index in [2.05, 4.69) is 10.2 Å². The number of nitrogens with two attached hydrogens (primary N) is 1. The Labute approximate surface area is 190 Å². The van der Waals surface area contributed by atoms with Crippen LogP contribution in [0.4, 0.5) is 0 Å². The summed E-state index contributed by atoms with van der Waals surface area (Å²) in [4.78, 5) is 16.7. The molecule has 3 heterocycles. The summed E-state index contributed by atoms with van der Waals surface area (Å²) in [5.74, 6) is 0.331. The van der Waals surface area contributed by atoms with Gasteiger partial charge in [-0.25, -0.2) is 0 Å². The number of amides is 1. The number of carbonyl (C=O) groups excluding carboxylic acids is 1. The predicted octanol–water partition coefficient (Wildman–Crippen LogP) is 4.05. The largest absolute Gasteiger partial charge is 0.345 e. The predicted molar refractivity (Wildman–Crippen MR) is 128 cm³/mol. The Morgan fingerprint density at radius 3 is 2.03 bits per heavy atom. The van der Waals surface area contributed by atoms with Crippen molar-refractivity contribution in [3.05, 3.63) is 0 Å². The van der Waals surface area contributed by atoms with Gasteiger partial charge in [-0.2, -0.15) is 0 Å². The van der Waals surface area contributed by atoms with Gasteiger partial charge in [0.05, 0.1) is 0 Å². The molecule has 1 saturated carbocycles. The second-order valence-corrected chi connectivity index (χ2v) is 11.4. The van der Waals surface area contributed by atoms with Gasteiger partial charge in [0.1, 0.15) is 0 Å². The maximum absolute atomic E-state index is 12.0. The maximum atomic E-state index is 12.0. The molecule has 3 aliphatic heterocycles. The minimum absolute atomic E-state index is 0.148. The molecule has 0 radical (unpaired) electrons. The minimum atomic E-state index is 0.148. The van der Waals surface area contributed by atoms with Crippen LogP contribution >= 0.6 is 0 Å². The Morgan fingerprint density at radius 2 is 1.45 bits per heavy atom. The van der Waals surface area contributed by atoms with E-state index in [0.29, 0.717) is 17.4 Å². The van der Waals surface area contributed by atoms with Crippen LogP contribution in [0.15, 0.2) is 0 Å². The van der Waals surface area contributed by atoms with Crippen molar-refractivity contribution in [1.29, 1.82) is 0 Å². The number of carbonyl (C=O) groups is 1. The third-order valence-corrected chi connectivity index (χ3v) is 9.41. The van der Waals surface area contributed by atoms with Crippen molar-refractivity contribution in [2.75, 3.05) is 33.2 Å². The second-order valence-electron chi connectivity index (χ2n) is 11.4. The number of rotatable bonds is 1. The fourth-order valence-corrected chi connectivity index (χ4v) is 7.27. The number of nitrogens with one attached hydrogen (secondary N) is 1. The molecular formula is C26H48N4O. The zero-order valence-corrected chi connectivity index (χ0v) is 20.2. The summed E-state index contributed by atoms with van der Waals surface area (Å²) in [6.07, 6.45) is 20.5. The van der Waals surface area contributed by atoms with E-state index in [1.807, 2.05) is 11.9 Å². The Balaban J connectivity index is 1.38. The van der Waals surface area contributed by atoms with Crippen LogP contribution in [0.5, 0.6) is 0 Å². The molecule has 2 spiro atoms. The fraction of sp³-hybridized carbons (Fsp3) is 0.962. The molecule has 2 atom stereocenters. The summed E-state index contributed by atoms with van der Waals surface area (Å²) in [5, 5.41) is 3.98. The number of hydrogen-bond acceptors (Lipinski definition) is 4. The molecule has 4 rings (SSSR count). The Bertz CT molecular complexity index is 574. The van der Waals surface area contributed by atoms with Crippen molar-refractivity contribution in [2.24, 2.45) is 11.1 Å². The second kappa shape index (κ2) is 10.5. The lowest BCUT2D eigenvalue weighted by Gasteiger charge is -2.54. The summed E-state index contributed by atoms with van der Waals surface area (Å²) >= 11 is 0. The average Bonchev–Trinajstić information content (AvgIpc) is 2.76. The molecule has 0 aromatic carbocycles. The molecule has 4 fully saturated rings. The van der Waals surface area contributed by atoms with Gasteiger partial charge in [-0.15, -0.1) is 0 Å². The lowest BCUT2D eigenvalue weighted by Crippen LogP contribution is -2.70. The van der Waals surface area contributed by atoms with Crippen LogP contribution < -0.4 is 11.1 Å². The highest BCUT2D eigenvalue weighted by Crippen LogP contribution is 2.42. The van der Waals surface area contributed by atoms with Gasteiger partial charge in [0.25, 0.3) is 0 Å². The molecule has 4 aliphatic rings. The van der Waals surface area contributed by atoms with E-state index in [9.17, 15) is 4.79 Å². The van der Waals surface area contributed by atoms with Crippen molar-refractivity contribution in [1.82, 2.24) is 15.1 Å². The first-order valence-electron chi connectivity index (χ1n) is 13.5. The minimum Gasteiger partial charge on any atom is -0.345 e. The first kappa shape index (κ1) is 23.5. The summed E-state index contributed by atoms with van der Waals surface area (Å²) in [7, 11) is 1.99. The number of piperidine rings is 3. The van der Waals surface area contributed by atoms with Gasteiger partial charge in [0, 0.05) is 37.6 Å². The van der Waals surface area contributed by atoms with Gasteiger partial charge in [-0.05, 0) is 63.6 Å². The van der Waals surface area contributed by atoms with E-state index in [0.717, 1.165) is 39.0 Å². The monoisotopic (exact) mass is 432 g/mol. The Morgan fingerprint density at radius 1 is 0.871 bits per heavy atom. The number of likely N-dealkylation sites (tertiary alicyclic amines) is 2. The van der Waals surface area contributed by atoms with Crippen LogP contribution in [0, 0.1) is 5.41 Å². The standard InChI is InChI=1S/C26H48N4O/c1-29-21-25(15-11-23(29)31)16-19-30(20-17-25)22-12-18-28-26(24(22)27)13-9-7-5-3-2-4-6-8-10-14-26/h22,24,28H,2-21,27H2,1H3. The lowest BCUT2D eigenvalue weighted by molar-refractivity contribution is -0.137. The molecule has 5 heteroatoms. The smallest absolute Gasteiger partial charge is 0.222 e. The summed E-state index contributed by atoms with van der Waals surface area (Å²) in [5.41, 5.74) is 7.66. The normalized spacial score (nSPS) is 33.7. The highest BCUT2D eigenvalue weighted by atomic mass is 16.2. The van der Waals surface area contributed by atoms with Crippen LogP contribution in [0.3, 0.4) is 0 Å². The first-order valence-corrected chi connectivity index (χ1v) is 13.5. The van der Waals surface area contributed by atoms with E-state index in [-0.39, 0.29) is 11.6 Å². The van der Waals surface area contributed by atoms with Crippen molar-refractivity contribution >= 4 is 5.91 Å². The van der Waals surface area contributed by atoms with Gasteiger partial charge in [-0.1, -0.05) is 57.8 Å². The Hall–Kier alpha value is -0.650. The molecule has 0 bridgehead atoms. The molecule has 5 nitrogen and oxygen atoms in total. The van der Waals surface area contributed by atoms with Crippen LogP contribution in [-0.4, -0.2) is 66.6 Å². The van der Waals surface area contributed by atoms with Crippen molar-refractivity contribution < 1.29 is 4.79 Å². The van der Waals surface area contributed by atoms with Crippen LogP contribution in [-0.2, 0) is 4.79 Å². The van der Waals surface area contributed by atoms with Crippen molar-refractivity contribution in [2.45, 2.75) is 120 Å². The van der Waals surface area contributed by atoms with Crippen LogP contribution in [0.1, 0.15) is 103 Å². The molecule has 0 aromatic heterocycles. The van der Waals surface area contributed by atoms with E-state index in [1.54, 1.807) is 0 Å². The fourth-order valence-electron chi connectivity index (χ4n) is 7.27. The molecular weight excluding hydrogens is 384 g/mol. The summed E-state index contributed by atoms with van der Waals surface area (Å²) < 4.78 is 0. The highest BCUT2D eigenvalue weighted by Gasteiger charge is 2.47. The van der Waals surface area contributed by atoms with Crippen LogP contribution in [0.2, 0.25) is 0 Å². The molecule has 31 heavy (non-hydrogen) atoms. The van der Waals surface area contributed by atoms with E-state index in [4.69, 9.17) is 5.73 Å². The zero-order valence-electron chi connectivity index (χ0n) is 20.2. The summed E-state index contributed by atoms with van der Waals surface area (Å²) in [6, 6.07) is 0.767. The van der Waals surface area contributed by atoms with Gasteiger partial charge in [0.15, 0.2) is 0 Å². The van der Waals surface area contributed by atoms with E-state index >= 15 is 0 Å². The summed E-state index contributed by atoms with van der Waals surface area (Å²) in [6.45, 7) is 4.41. The SMILES string of the molecule is CN1CC2(CCC1=O)CCN(C1CCNC3(CCCCCCCCCCC3)C1N)CC2. The highest BCUT2D eigenvalue weighted by molar-refractivity contribution is 5.76.